The second-order valence-corrected chi connectivity index (χ2v) is 9.02. The molecule has 2 aliphatic carbocycles. The van der Waals surface area contributed by atoms with Gasteiger partial charge in [-0.25, -0.2) is 0 Å². The van der Waals surface area contributed by atoms with Gasteiger partial charge in [0.2, 0.25) is 0 Å². The van der Waals surface area contributed by atoms with Crippen molar-refractivity contribution < 1.29 is 19.1 Å². The molecule has 0 saturated heterocycles. The van der Waals surface area contributed by atoms with Crippen LogP contribution < -0.4 is 0 Å². The second-order valence-electron chi connectivity index (χ2n) is 9.02. The van der Waals surface area contributed by atoms with Gasteiger partial charge in [0.1, 0.15) is 13.2 Å². The maximum absolute atomic E-state index is 11.3. The van der Waals surface area contributed by atoms with Crippen molar-refractivity contribution in [3.05, 3.63) is 36.0 Å². The zero-order valence-corrected chi connectivity index (χ0v) is 18.2. The van der Waals surface area contributed by atoms with Crippen molar-refractivity contribution >= 4 is 11.9 Å². The molecule has 0 amide bonds. The molecule has 156 valence electrons. The average Bonchev–Trinajstić information content (AvgIpc) is 2.62. The number of hydrogen-bond acceptors (Lipinski definition) is 4. The molecule has 0 N–H and O–H groups in total. The molecule has 2 aliphatic rings. The molecule has 4 atom stereocenters. The van der Waals surface area contributed by atoms with Crippen LogP contribution in [0.3, 0.4) is 0 Å². The highest BCUT2D eigenvalue weighted by Gasteiger charge is 2.52. The summed E-state index contributed by atoms with van der Waals surface area (Å²) in [7, 11) is 0. The topological polar surface area (TPSA) is 52.6 Å². The van der Waals surface area contributed by atoms with Crippen LogP contribution in [-0.4, -0.2) is 25.2 Å². The summed E-state index contributed by atoms with van der Waals surface area (Å²) < 4.78 is 10.3. The smallest absolute Gasteiger partial charge is 0.302 e. The number of rotatable bonds is 7. The highest BCUT2D eigenvalue weighted by molar-refractivity contribution is 5.66. The molecule has 0 aromatic carbocycles. The fraction of sp³-hybridized carbons (Fsp3) is 0.667. The van der Waals surface area contributed by atoms with Gasteiger partial charge in [-0.2, -0.15) is 0 Å². The van der Waals surface area contributed by atoms with Crippen molar-refractivity contribution in [2.45, 2.75) is 66.7 Å². The summed E-state index contributed by atoms with van der Waals surface area (Å²) in [5, 5.41) is 0. The molecular weight excluding hydrogens is 352 g/mol. The number of allylic oxidation sites excluding steroid dienone is 3. The molecule has 0 aromatic heterocycles. The minimum atomic E-state index is -0.306. The minimum Gasteiger partial charge on any atom is -0.462 e. The van der Waals surface area contributed by atoms with Gasteiger partial charge in [0, 0.05) is 13.8 Å². The van der Waals surface area contributed by atoms with Crippen molar-refractivity contribution in [3.8, 4) is 0 Å². The first kappa shape index (κ1) is 22.4. The molecule has 2 rings (SSSR count). The molecule has 0 heterocycles. The fourth-order valence-electron chi connectivity index (χ4n) is 5.10. The lowest BCUT2D eigenvalue weighted by Gasteiger charge is -2.57. The van der Waals surface area contributed by atoms with Crippen LogP contribution >= 0.6 is 0 Å². The molecule has 1 saturated carbocycles. The van der Waals surface area contributed by atoms with E-state index in [4.69, 9.17) is 9.47 Å². The number of esters is 2. The third-order valence-electron chi connectivity index (χ3n) is 7.32. The maximum atomic E-state index is 11.3. The largest absolute Gasteiger partial charge is 0.462 e. The van der Waals surface area contributed by atoms with Crippen LogP contribution in [0.15, 0.2) is 36.0 Å². The first-order valence-corrected chi connectivity index (χ1v) is 10.4. The summed E-state index contributed by atoms with van der Waals surface area (Å²) in [5.41, 5.74) is 2.61. The van der Waals surface area contributed by atoms with Gasteiger partial charge in [-0.3, -0.25) is 9.59 Å². The quantitative estimate of drug-likeness (QED) is 0.433. The average molecular weight is 389 g/mol. The number of ether oxygens (including phenoxy) is 2. The van der Waals surface area contributed by atoms with Crippen molar-refractivity contribution in [1.82, 2.24) is 0 Å². The zero-order chi connectivity index (χ0) is 20.9. The van der Waals surface area contributed by atoms with Crippen LogP contribution in [0.4, 0.5) is 0 Å². The van der Waals surface area contributed by atoms with Gasteiger partial charge in [0.05, 0.1) is 0 Å². The van der Waals surface area contributed by atoms with Crippen LogP contribution in [-0.2, 0) is 19.1 Å². The molecule has 0 bridgehead atoms. The monoisotopic (exact) mass is 388 g/mol. The van der Waals surface area contributed by atoms with E-state index in [-0.39, 0.29) is 36.0 Å². The SMILES string of the molecule is C=C1C=CCC2C1(C)CCC(C)C2(C)CCC(=CCOC(C)=O)COC(C)=O. The van der Waals surface area contributed by atoms with Gasteiger partial charge in [-0.15, -0.1) is 0 Å². The van der Waals surface area contributed by atoms with Crippen LogP contribution in [0.1, 0.15) is 66.7 Å². The van der Waals surface area contributed by atoms with Gasteiger partial charge >= 0.3 is 11.9 Å². The molecule has 4 nitrogen and oxygen atoms in total. The van der Waals surface area contributed by atoms with Crippen molar-refractivity contribution in [2.24, 2.45) is 22.7 Å². The first-order valence-electron chi connectivity index (χ1n) is 10.4. The van der Waals surface area contributed by atoms with Crippen LogP contribution in [0.5, 0.6) is 0 Å². The summed E-state index contributed by atoms with van der Waals surface area (Å²) >= 11 is 0. The van der Waals surface area contributed by atoms with Crippen molar-refractivity contribution in [3.63, 3.8) is 0 Å². The number of hydrogen-bond donors (Lipinski definition) is 0. The highest BCUT2D eigenvalue weighted by Crippen LogP contribution is 2.61. The summed E-state index contributed by atoms with van der Waals surface area (Å²) in [5.74, 6) is 0.578. The summed E-state index contributed by atoms with van der Waals surface area (Å²) in [6.07, 6.45) is 11.7. The number of fused-ring (bicyclic) bond motifs is 1. The van der Waals surface area contributed by atoms with Crippen LogP contribution in [0.25, 0.3) is 0 Å². The lowest BCUT2D eigenvalue weighted by molar-refractivity contribution is -0.141. The summed E-state index contributed by atoms with van der Waals surface area (Å²) in [4.78, 5) is 22.3. The molecular formula is C24H36O4. The van der Waals surface area contributed by atoms with E-state index in [9.17, 15) is 9.59 Å². The predicted octanol–water partition coefficient (Wildman–Crippen LogP) is 5.39. The Balaban J connectivity index is 2.16. The Bertz CT molecular complexity index is 674. The maximum Gasteiger partial charge on any atom is 0.302 e. The third kappa shape index (κ3) is 4.95. The standard InChI is InChI=1S/C24H36O4/c1-17-8-7-9-22-23(17,5)13-10-18(2)24(22,6)14-11-21(16-28-20(4)26)12-15-27-19(3)25/h7-8,12,18,22H,1,9-11,13-16H2,2-6H3. The van der Waals surface area contributed by atoms with Gasteiger partial charge < -0.3 is 9.47 Å². The zero-order valence-electron chi connectivity index (χ0n) is 18.2. The Morgan fingerprint density at radius 1 is 1.25 bits per heavy atom. The fourth-order valence-corrected chi connectivity index (χ4v) is 5.10. The molecule has 4 unspecified atom stereocenters. The normalized spacial score (nSPS) is 32.6. The molecule has 0 aromatic rings. The third-order valence-corrected chi connectivity index (χ3v) is 7.32. The lowest BCUT2D eigenvalue weighted by atomic mass is 9.47. The molecule has 1 fully saturated rings. The minimum absolute atomic E-state index is 0.160. The van der Waals surface area contributed by atoms with Gasteiger partial charge in [0.25, 0.3) is 0 Å². The molecule has 28 heavy (non-hydrogen) atoms. The summed E-state index contributed by atoms with van der Waals surface area (Å²) in [6.45, 7) is 14.8. The number of carbonyl (C=O) groups is 2. The van der Waals surface area contributed by atoms with E-state index in [1.807, 2.05) is 6.08 Å². The van der Waals surface area contributed by atoms with Gasteiger partial charge in [0.15, 0.2) is 0 Å². The van der Waals surface area contributed by atoms with Crippen molar-refractivity contribution in [2.75, 3.05) is 13.2 Å². The molecule has 0 spiro atoms. The van der Waals surface area contributed by atoms with Crippen LogP contribution in [0, 0.1) is 22.7 Å². The second kappa shape index (κ2) is 9.11. The van der Waals surface area contributed by atoms with E-state index < -0.39 is 0 Å². The van der Waals surface area contributed by atoms with Crippen LogP contribution in [0.2, 0.25) is 0 Å². The Morgan fingerprint density at radius 3 is 2.57 bits per heavy atom. The lowest BCUT2D eigenvalue weighted by Crippen LogP contribution is -2.49. The Morgan fingerprint density at radius 2 is 1.93 bits per heavy atom. The number of carbonyl (C=O) groups excluding carboxylic acids is 2. The van der Waals surface area contributed by atoms with Gasteiger partial charge in [-0.1, -0.05) is 39.5 Å². The molecule has 0 radical (unpaired) electrons. The van der Waals surface area contributed by atoms with E-state index in [0.717, 1.165) is 24.8 Å². The van der Waals surface area contributed by atoms with E-state index >= 15 is 0 Å². The molecule has 4 heteroatoms. The molecule has 0 aliphatic heterocycles. The highest BCUT2D eigenvalue weighted by atomic mass is 16.5. The Labute approximate surface area is 170 Å². The first-order chi connectivity index (χ1) is 13.1. The Kier molecular flexibility index (Phi) is 7.30. The van der Waals surface area contributed by atoms with Crippen molar-refractivity contribution in [1.29, 1.82) is 0 Å². The van der Waals surface area contributed by atoms with E-state index in [1.165, 1.54) is 32.3 Å². The van der Waals surface area contributed by atoms with Gasteiger partial charge in [-0.05, 0) is 72.0 Å². The predicted molar refractivity (Wildman–Crippen MR) is 112 cm³/mol. The van der Waals surface area contributed by atoms with E-state index in [1.54, 1.807) is 0 Å². The van der Waals surface area contributed by atoms with E-state index in [2.05, 4.69) is 39.5 Å². The Hall–Kier alpha value is -1.84. The van der Waals surface area contributed by atoms with E-state index in [0.29, 0.717) is 11.8 Å². The summed E-state index contributed by atoms with van der Waals surface area (Å²) in [6, 6.07) is 0.